The van der Waals surface area contributed by atoms with E-state index in [2.05, 4.69) is 5.32 Å². The van der Waals surface area contributed by atoms with Crippen LogP contribution in [0.2, 0.25) is 0 Å². The van der Waals surface area contributed by atoms with Crippen LogP contribution in [0.3, 0.4) is 0 Å². The van der Waals surface area contributed by atoms with Crippen LogP contribution in [0.5, 0.6) is 5.75 Å². The molecule has 1 amide bonds. The number of anilines is 1. The van der Waals surface area contributed by atoms with Crippen LogP contribution in [0, 0.1) is 16.0 Å². The summed E-state index contributed by atoms with van der Waals surface area (Å²) in [6, 6.07) is 4.52. The highest BCUT2D eigenvalue weighted by Crippen LogP contribution is 2.32. The molecule has 2 rings (SSSR count). The van der Waals surface area contributed by atoms with E-state index in [1.165, 1.54) is 12.1 Å². The van der Waals surface area contributed by atoms with Crippen LogP contribution in [-0.4, -0.2) is 17.4 Å². The zero-order valence-corrected chi connectivity index (χ0v) is 11.4. The highest BCUT2D eigenvalue weighted by molar-refractivity contribution is 5.95. The first kappa shape index (κ1) is 14.3. The summed E-state index contributed by atoms with van der Waals surface area (Å²) >= 11 is 0. The average Bonchev–Trinajstić information content (AvgIpc) is 2.35. The van der Waals surface area contributed by atoms with E-state index in [4.69, 9.17) is 4.74 Å². The molecule has 0 bridgehead atoms. The molecule has 0 aromatic heterocycles. The Morgan fingerprint density at radius 1 is 1.50 bits per heavy atom. The highest BCUT2D eigenvalue weighted by atomic mass is 16.6. The number of carbonyl (C=O) groups is 1. The molecular formula is C14H18N2O4. The molecule has 0 atom stereocenters. The number of nitro groups is 1. The molecule has 1 aromatic rings. The maximum absolute atomic E-state index is 11.9. The summed E-state index contributed by atoms with van der Waals surface area (Å²) in [5, 5.41) is 13.7. The van der Waals surface area contributed by atoms with Crippen molar-refractivity contribution < 1.29 is 14.5 Å². The monoisotopic (exact) mass is 278 g/mol. The molecule has 1 aromatic carbocycles. The number of hydrogen-bond donors (Lipinski definition) is 1. The van der Waals surface area contributed by atoms with Crippen LogP contribution in [-0.2, 0) is 4.79 Å². The van der Waals surface area contributed by atoms with Gasteiger partial charge in [0.15, 0.2) is 0 Å². The van der Waals surface area contributed by atoms with Crippen LogP contribution < -0.4 is 10.1 Å². The molecule has 20 heavy (non-hydrogen) atoms. The van der Waals surface area contributed by atoms with Crippen molar-refractivity contribution in [2.45, 2.75) is 32.6 Å². The van der Waals surface area contributed by atoms with Crippen molar-refractivity contribution in [2.24, 2.45) is 5.92 Å². The smallest absolute Gasteiger partial charge is 0.296 e. The molecule has 1 aliphatic carbocycles. The van der Waals surface area contributed by atoms with Gasteiger partial charge in [-0.1, -0.05) is 13.3 Å². The standard InChI is InChI=1S/C14H18N2O4/c1-2-8-20-11-6-7-12(13(9-11)16(18)19)15-14(17)10-4-3-5-10/h6-7,9-10H,2-5,8H2,1H3,(H,15,17). The second kappa shape index (κ2) is 6.36. The predicted octanol–water partition coefficient (Wildman–Crippen LogP) is 3.12. The number of ether oxygens (including phenoxy) is 1. The molecule has 6 heteroatoms. The van der Waals surface area contributed by atoms with Gasteiger partial charge in [-0.15, -0.1) is 0 Å². The van der Waals surface area contributed by atoms with Gasteiger partial charge in [-0.2, -0.15) is 0 Å². The normalized spacial score (nSPS) is 14.4. The van der Waals surface area contributed by atoms with Crippen LogP contribution in [0.1, 0.15) is 32.6 Å². The fourth-order valence-electron chi connectivity index (χ4n) is 1.98. The topological polar surface area (TPSA) is 81.5 Å². The second-order valence-electron chi connectivity index (χ2n) is 4.90. The van der Waals surface area contributed by atoms with Crippen molar-refractivity contribution in [3.63, 3.8) is 0 Å². The molecule has 1 fully saturated rings. The van der Waals surface area contributed by atoms with Crippen molar-refractivity contribution >= 4 is 17.3 Å². The summed E-state index contributed by atoms with van der Waals surface area (Å²) in [5.74, 6) is 0.299. The van der Waals surface area contributed by atoms with Crippen LogP contribution in [0.4, 0.5) is 11.4 Å². The van der Waals surface area contributed by atoms with E-state index >= 15 is 0 Å². The molecule has 1 saturated carbocycles. The molecule has 0 radical (unpaired) electrons. The van der Waals surface area contributed by atoms with Crippen LogP contribution in [0.25, 0.3) is 0 Å². The third-order valence-corrected chi connectivity index (χ3v) is 3.37. The van der Waals surface area contributed by atoms with Gasteiger partial charge < -0.3 is 10.1 Å². The minimum atomic E-state index is -0.505. The lowest BCUT2D eigenvalue weighted by molar-refractivity contribution is -0.384. The van der Waals surface area contributed by atoms with Crippen LogP contribution >= 0.6 is 0 Å². The lowest BCUT2D eigenvalue weighted by Crippen LogP contribution is -2.28. The van der Waals surface area contributed by atoms with Gasteiger partial charge in [0.2, 0.25) is 5.91 Å². The minimum Gasteiger partial charge on any atom is -0.493 e. The van der Waals surface area contributed by atoms with E-state index in [9.17, 15) is 14.9 Å². The van der Waals surface area contributed by atoms with E-state index in [0.717, 1.165) is 25.7 Å². The fraction of sp³-hybridized carbons (Fsp3) is 0.500. The van der Waals surface area contributed by atoms with E-state index in [1.807, 2.05) is 6.92 Å². The van der Waals surface area contributed by atoms with Gasteiger partial charge in [0.05, 0.1) is 17.6 Å². The van der Waals surface area contributed by atoms with Crippen molar-refractivity contribution in [1.29, 1.82) is 0 Å². The number of nitrogens with zero attached hydrogens (tertiary/aromatic N) is 1. The molecule has 1 aliphatic rings. The first-order valence-corrected chi connectivity index (χ1v) is 6.84. The summed E-state index contributed by atoms with van der Waals surface area (Å²) in [5.41, 5.74) is 0.0991. The lowest BCUT2D eigenvalue weighted by atomic mass is 9.85. The Morgan fingerprint density at radius 3 is 2.80 bits per heavy atom. The third-order valence-electron chi connectivity index (χ3n) is 3.37. The zero-order valence-electron chi connectivity index (χ0n) is 11.4. The van der Waals surface area contributed by atoms with Crippen molar-refractivity contribution in [3.05, 3.63) is 28.3 Å². The second-order valence-corrected chi connectivity index (χ2v) is 4.90. The molecule has 0 spiro atoms. The molecule has 108 valence electrons. The Hall–Kier alpha value is -2.11. The largest absolute Gasteiger partial charge is 0.493 e. The third kappa shape index (κ3) is 3.26. The fourth-order valence-corrected chi connectivity index (χ4v) is 1.98. The number of benzene rings is 1. The predicted molar refractivity (Wildman–Crippen MR) is 74.9 cm³/mol. The number of hydrogen-bond acceptors (Lipinski definition) is 4. The van der Waals surface area contributed by atoms with Gasteiger partial charge in [0, 0.05) is 5.92 Å². The van der Waals surface area contributed by atoms with Crippen molar-refractivity contribution in [1.82, 2.24) is 0 Å². The lowest BCUT2D eigenvalue weighted by Gasteiger charge is -2.23. The molecule has 6 nitrogen and oxygen atoms in total. The van der Waals surface area contributed by atoms with Gasteiger partial charge in [-0.3, -0.25) is 14.9 Å². The SMILES string of the molecule is CCCOc1ccc(NC(=O)C2CCC2)c([N+](=O)[O-])c1. The first-order chi connectivity index (χ1) is 9.61. The van der Waals surface area contributed by atoms with E-state index < -0.39 is 4.92 Å². The summed E-state index contributed by atoms with van der Waals surface area (Å²) in [6.07, 6.45) is 3.59. The van der Waals surface area contributed by atoms with Gasteiger partial charge in [-0.05, 0) is 31.4 Å². The van der Waals surface area contributed by atoms with E-state index in [0.29, 0.717) is 12.4 Å². The summed E-state index contributed by atoms with van der Waals surface area (Å²) in [6.45, 7) is 2.46. The number of rotatable bonds is 6. The molecule has 0 unspecified atom stereocenters. The Balaban J connectivity index is 2.14. The Morgan fingerprint density at radius 2 is 2.25 bits per heavy atom. The summed E-state index contributed by atoms with van der Waals surface area (Å²) < 4.78 is 5.37. The molecule has 1 N–H and O–H groups in total. The summed E-state index contributed by atoms with van der Waals surface area (Å²) in [7, 11) is 0. The highest BCUT2D eigenvalue weighted by Gasteiger charge is 2.27. The minimum absolute atomic E-state index is 0.00868. The first-order valence-electron chi connectivity index (χ1n) is 6.84. The maximum Gasteiger partial charge on any atom is 0.296 e. The Bertz CT molecular complexity index is 512. The summed E-state index contributed by atoms with van der Waals surface area (Å²) in [4.78, 5) is 22.4. The molecule has 0 saturated heterocycles. The Kier molecular flexibility index (Phi) is 4.55. The molecule has 0 heterocycles. The zero-order chi connectivity index (χ0) is 14.5. The quantitative estimate of drug-likeness (QED) is 0.640. The number of carbonyl (C=O) groups excluding carboxylic acids is 1. The number of nitrogens with one attached hydrogen (secondary N) is 1. The maximum atomic E-state index is 11.9. The van der Waals surface area contributed by atoms with Gasteiger partial charge >= 0.3 is 0 Å². The Labute approximate surface area is 117 Å². The van der Waals surface area contributed by atoms with Crippen molar-refractivity contribution in [2.75, 3.05) is 11.9 Å². The number of nitro benzene ring substituents is 1. The molecule has 0 aliphatic heterocycles. The molecular weight excluding hydrogens is 260 g/mol. The van der Waals surface area contributed by atoms with Gasteiger partial charge in [0.25, 0.3) is 5.69 Å². The van der Waals surface area contributed by atoms with Gasteiger partial charge in [-0.25, -0.2) is 0 Å². The van der Waals surface area contributed by atoms with Crippen molar-refractivity contribution in [3.8, 4) is 5.75 Å². The average molecular weight is 278 g/mol. The van der Waals surface area contributed by atoms with E-state index in [-0.39, 0.29) is 23.2 Å². The van der Waals surface area contributed by atoms with E-state index in [1.54, 1.807) is 6.07 Å². The number of amides is 1. The van der Waals surface area contributed by atoms with Gasteiger partial charge in [0.1, 0.15) is 11.4 Å². The van der Waals surface area contributed by atoms with Crippen LogP contribution in [0.15, 0.2) is 18.2 Å².